The lowest BCUT2D eigenvalue weighted by Gasteiger charge is -2.57. The van der Waals surface area contributed by atoms with E-state index >= 15 is 0 Å². The van der Waals surface area contributed by atoms with Crippen molar-refractivity contribution in [1.82, 2.24) is 0 Å². The maximum atomic E-state index is 10.1. The number of aliphatic hydroxyl groups is 1. The molecular formula is C19H29N3O. The average molecular weight is 315 g/mol. The molecule has 1 N–H and O–H groups in total. The number of azide groups is 1. The molecule has 126 valence electrons. The Labute approximate surface area is 139 Å². The van der Waals surface area contributed by atoms with Crippen molar-refractivity contribution in [3.05, 3.63) is 22.1 Å². The number of hydrogen-bond acceptors (Lipinski definition) is 2. The second kappa shape index (κ2) is 5.26. The molecule has 4 aliphatic rings. The molecule has 23 heavy (non-hydrogen) atoms. The molecule has 7 atom stereocenters. The van der Waals surface area contributed by atoms with Crippen LogP contribution in [0.1, 0.15) is 65.2 Å². The van der Waals surface area contributed by atoms with Crippen molar-refractivity contribution >= 4 is 0 Å². The highest BCUT2D eigenvalue weighted by Crippen LogP contribution is 2.65. The number of allylic oxidation sites excluding steroid dienone is 1. The number of rotatable bonds is 1. The van der Waals surface area contributed by atoms with E-state index in [-0.39, 0.29) is 17.6 Å². The summed E-state index contributed by atoms with van der Waals surface area (Å²) in [5, 5.41) is 14.2. The van der Waals surface area contributed by atoms with Crippen molar-refractivity contribution in [2.75, 3.05) is 0 Å². The van der Waals surface area contributed by atoms with Crippen molar-refractivity contribution in [3.63, 3.8) is 0 Å². The van der Waals surface area contributed by atoms with E-state index in [0.29, 0.717) is 11.3 Å². The van der Waals surface area contributed by atoms with E-state index in [1.54, 1.807) is 0 Å². The van der Waals surface area contributed by atoms with Gasteiger partial charge in [-0.25, -0.2) is 0 Å². The average Bonchev–Trinajstić information content (AvgIpc) is 2.85. The topological polar surface area (TPSA) is 69.0 Å². The Balaban J connectivity index is 1.66. The third kappa shape index (κ3) is 2.11. The fourth-order valence-electron chi connectivity index (χ4n) is 6.87. The molecule has 3 saturated carbocycles. The Morgan fingerprint density at radius 3 is 2.78 bits per heavy atom. The van der Waals surface area contributed by atoms with Gasteiger partial charge >= 0.3 is 0 Å². The third-order valence-electron chi connectivity index (χ3n) is 8.22. The number of fused-ring (bicyclic) bond motifs is 5. The van der Waals surface area contributed by atoms with E-state index in [4.69, 9.17) is 5.53 Å². The van der Waals surface area contributed by atoms with E-state index < -0.39 is 0 Å². The van der Waals surface area contributed by atoms with Crippen LogP contribution in [-0.4, -0.2) is 17.3 Å². The van der Waals surface area contributed by atoms with Gasteiger partial charge in [0.2, 0.25) is 0 Å². The SMILES string of the molecule is C[C@]12CCC3C(CC=C4C[C@@H](O)CC[C@@]43C)C1CCC2N=[N+]=[N-]. The summed E-state index contributed by atoms with van der Waals surface area (Å²) < 4.78 is 0. The van der Waals surface area contributed by atoms with Crippen LogP contribution in [0.5, 0.6) is 0 Å². The van der Waals surface area contributed by atoms with Crippen LogP contribution in [-0.2, 0) is 0 Å². The molecule has 0 amide bonds. The van der Waals surface area contributed by atoms with Crippen LogP contribution in [0, 0.1) is 28.6 Å². The second-order valence-electron chi connectivity index (χ2n) is 9.00. The van der Waals surface area contributed by atoms with Crippen molar-refractivity contribution in [2.45, 2.75) is 77.4 Å². The summed E-state index contributed by atoms with van der Waals surface area (Å²) in [6.45, 7) is 4.84. The van der Waals surface area contributed by atoms with Gasteiger partial charge in [-0.15, -0.1) is 0 Å². The van der Waals surface area contributed by atoms with Crippen LogP contribution in [0.2, 0.25) is 0 Å². The van der Waals surface area contributed by atoms with Gasteiger partial charge in [0, 0.05) is 11.0 Å². The first-order chi connectivity index (χ1) is 11.0. The first kappa shape index (κ1) is 15.5. The van der Waals surface area contributed by atoms with E-state index in [1.165, 1.54) is 31.3 Å². The molecule has 0 aromatic carbocycles. The summed E-state index contributed by atoms with van der Waals surface area (Å²) in [7, 11) is 0. The third-order valence-corrected chi connectivity index (χ3v) is 8.22. The van der Waals surface area contributed by atoms with Crippen LogP contribution in [0.3, 0.4) is 0 Å². The maximum Gasteiger partial charge on any atom is 0.0577 e. The number of nitrogens with zero attached hydrogens (tertiary/aromatic N) is 3. The molecule has 0 bridgehead atoms. The molecule has 0 saturated heterocycles. The van der Waals surface area contributed by atoms with E-state index in [0.717, 1.165) is 37.5 Å². The lowest BCUT2D eigenvalue weighted by molar-refractivity contribution is -0.0400. The smallest absolute Gasteiger partial charge is 0.0577 e. The van der Waals surface area contributed by atoms with Crippen LogP contribution in [0.15, 0.2) is 16.8 Å². The molecule has 0 radical (unpaired) electrons. The number of hydrogen-bond donors (Lipinski definition) is 1. The predicted molar refractivity (Wildman–Crippen MR) is 90.6 cm³/mol. The minimum Gasteiger partial charge on any atom is -0.393 e. The van der Waals surface area contributed by atoms with Gasteiger partial charge in [-0.2, -0.15) is 0 Å². The Kier molecular flexibility index (Phi) is 3.55. The van der Waals surface area contributed by atoms with E-state index in [9.17, 15) is 5.11 Å². The summed E-state index contributed by atoms with van der Waals surface area (Å²) in [4.78, 5) is 3.13. The Hall–Kier alpha value is -0.990. The lowest BCUT2D eigenvalue weighted by atomic mass is 9.48. The highest BCUT2D eigenvalue weighted by atomic mass is 16.3. The maximum absolute atomic E-state index is 10.1. The fourth-order valence-corrected chi connectivity index (χ4v) is 6.87. The van der Waals surface area contributed by atoms with Gasteiger partial charge in [0.05, 0.1) is 6.10 Å². The van der Waals surface area contributed by atoms with Crippen molar-refractivity contribution in [3.8, 4) is 0 Å². The predicted octanol–water partition coefficient (Wildman–Crippen LogP) is 4.99. The van der Waals surface area contributed by atoms with Crippen LogP contribution >= 0.6 is 0 Å². The normalized spacial score (nSPS) is 51.8. The van der Waals surface area contributed by atoms with Crippen molar-refractivity contribution in [2.24, 2.45) is 33.7 Å². The molecule has 0 aliphatic heterocycles. The van der Waals surface area contributed by atoms with Gasteiger partial charge in [0.25, 0.3) is 0 Å². The zero-order valence-electron chi connectivity index (χ0n) is 14.4. The number of aliphatic hydroxyl groups excluding tert-OH is 1. The van der Waals surface area contributed by atoms with Crippen LogP contribution < -0.4 is 0 Å². The van der Waals surface area contributed by atoms with Gasteiger partial charge in [-0.1, -0.05) is 30.6 Å². The zero-order valence-corrected chi connectivity index (χ0v) is 14.4. The first-order valence-corrected chi connectivity index (χ1v) is 9.41. The molecule has 4 aliphatic carbocycles. The zero-order chi connectivity index (χ0) is 16.2. The highest BCUT2D eigenvalue weighted by Gasteiger charge is 2.58. The van der Waals surface area contributed by atoms with Gasteiger partial charge in [0.1, 0.15) is 0 Å². The van der Waals surface area contributed by atoms with E-state index in [2.05, 4.69) is 29.9 Å². The van der Waals surface area contributed by atoms with Crippen molar-refractivity contribution < 1.29 is 5.11 Å². The first-order valence-electron chi connectivity index (χ1n) is 9.41. The molecule has 0 aromatic rings. The highest BCUT2D eigenvalue weighted by molar-refractivity contribution is 5.25. The van der Waals surface area contributed by atoms with Gasteiger partial charge in [-0.05, 0) is 85.5 Å². The standard InChI is InChI=1S/C19H29N3O/c1-18-9-7-13(23)11-12(18)3-4-14-15-5-6-17(21-22-20)19(15,2)10-8-16(14)18/h3,13-17,23H,4-11H2,1-2H3/t13-,14?,15?,16?,17?,18-,19-/m0/s1. The fraction of sp³-hybridized carbons (Fsp3) is 0.895. The van der Waals surface area contributed by atoms with Crippen molar-refractivity contribution in [1.29, 1.82) is 0 Å². The quantitative estimate of drug-likeness (QED) is 0.315. The molecule has 4 unspecified atom stereocenters. The second-order valence-corrected chi connectivity index (χ2v) is 9.00. The van der Waals surface area contributed by atoms with Gasteiger partial charge in [0.15, 0.2) is 0 Å². The summed E-state index contributed by atoms with van der Waals surface area (Å²) in [6.07, 6.45) is 11.3. The summed E-state index contributed by atoms with van der Waals surface area (Å²) in [5.41, 5.74) is 11.0. The lowest BCUT2D eigenvalue weighted by Crippen LogP contribution is -2.50. The molecule has 4 rings (SSSR count). The summed E-state index contributed by atoms with van der Waals surface area (Å²) in [6, 6.07) is 0.199. The van der Waals surface area contributed by atoms with Crippen LogP contribution in [0.25, 0.3) is 10.4 Å². The molecule has 3 fully saturated rings. The molecule has 0 heterocycles. The molecule has 0 spiro atoms. The summed E-state index contributed by atoms with van der Waals surface area (Å²) in [5.74, 6) is 2.22. The van der Waals surface area contributed by atoms with Gasteiger partial charge < -0.3 is 5.11 Å². The molecular weight excluding hydrogens is 286 g/mol. The van der Waals surface area contributed by atoms with E-state index in [1.807, 2.05) is 0 Å². The summed E-state index contributed by atoms with van der Waals surface area (Å²) >= 11 is 0. The van der Waals surface area contributed by atoms with Crippen LogP contribution in [0.4, 0.5) is 0 Å². The molecule has 4 nitrogen and oxygen atoms in total. The van der Waals surface area contributed by atoms with Gasteiger partial charge in [-0.3, -0.25) is 0 Å². The Morgan fingerprint density at radius 2 is 2.00 bits per heavy atom. The molecule has 4 heteroatoms. The Morgan fingerprint density at radius 1 is 1.17 bits per heavy atom. The Bertz CT molecular complexity index is 581. The molecule has 0 aromatic heterocycles. The largest absolute Gasteiger partial charge is 0.393 e. The monoisotopic (exact) mass is 315 g/mol. The minimum absolute atomic E-state index is 0.124. The minimum atomic E-state index is -0.124.